The van der Waals surface area contributed by atoms with E-state index in [9.17, 15) is 13.2 Å². The summed E-state index contributed by atoms with van der Waals surface area (Å²) >= 11 is 0. The highest BCUT2D eigenvalue weighted by Crippen LogP contribution is 2.23. The third kappa shape index (κ3) is 4.74. The number of carbonyl (C=O) groups excluding carboxylic acids is 1. The van der Waals surface area contributed by atoms with Gasteiger partial charge < -0.3 is 14.8 Å². The molecule has 2 aromatic carbocycles. The first-order valence-electron chi connectivity index (χ1n) is 8.00. The van der Waals surface area contributed by atoms with E-state index in [1.165, 1.54) is 26.3 Å². The number of rotatable bonds is 8. The molecule has 0 aliphatic rings. The highest BCUT2D eigenvalue weighted by atomic mass is 32.2. The quantitative estimate of drug-likeness (QED) is 0.762. The van der Waals surface area contributed by atoms with Crippen LogP contribution in [0.15, 0.2) is 53.4 Å². The number of ether oxygens (including phenoxy) is 2. The maximum atomic E-state index is 12.6. The van der Waals surface area contributed by atoms with Crippen molar-refractivity contribution in [3.63, 3.8) is 0 Å². The van der Waals surface area contributed by atoms with Gasteiger partial charge in [0.1, 0.15) is 11.5 Å². The Morgan fingerprint density at radius 2 is 1.77 bits per heavy atom. The lowest BCUT2D eigenvalue weighted by atomic mass is 10.3. The number of nitrogens with one attached hydrogen (secondary N) is 1. The van der Waals surface area contributed by atoms with Crippen molar-refractivity contribution < 1.29 is 22.7 Å². The minimum Gasteiger partial charge on any atom is -0.495 e. The highest BCUT2D eigenvalue weighted by Gasteiger charge is 2.23. The highest BCUT2D eigenvalue weighted by molar-refractivity contribution is 7.89. The lowest BCUT2D eigenvalue weighted by molar-refractivity contribution is -0.116. The van der Waals surface area contributed by atoms with E-state index < -0.39 is 15.9 Å². The SMILES string of the molecule is CCOc1ccc(S(=O)(=O)N(C)CC(=O)Nc2ccccc2OC)cc1. The number of benzene rings is 2. The third-order valence-electron chi connectivity index (χ3n) is 3.59. The van der Waals surface area contributed by atoms with Gasteiger partial charge in [0.25, 0.3) is 0 Å². The van der Waals surface area contributed by atoms with Gasteiger partial charge in [-0.2, -0.15) is 4.31 Å². The van der Waals surface area contributed by atoms with Crippen LogP contribution in [0.2, 0.25) is 0 Å². The summed E-state index contributed by atoms with van der Waals surface area (Å²) in [6.45, 7) is 2.02. The fourth-order valence-corrected chi connectivity index (χ4v) is 3.41. The zero-order valence-corrected chi connectivity index (χ0v) is 15.7. The fraction of sp³-hybridized carbons (Fsp3) is 0.278. The topological polar surface area (TPSA) is 84.9 Å². The van der Waals surface area contributed by atoms with E-state index >= 15 is 0 Å². The molecule has 0 unspecified atom stereocenters. The number of anilines is 1. The molecule has 0 spiro atoms. The van der Waals surface area contributed by atoms with E-state index in [0.717, 1.165) is 4.31 Å². The number of carbonyl (C=O) groups is 1. The van der Waals surface area contributed by atoms with Gasteiger partial charge in [-0.1, -0.05) is 12.1 Å². The summed E-state index contributed by atoms with van der Waals surface area (Å²) in [5, 5.41) is 2.65. The zero-order valence-electron chi connectivity index (χ0n) is 14.9. The number of amides is 1. The van der Waals surface area contributed by atoms with E-state index in [2.05, 4.69) is 5.32 Å². The Hall–Kier alpha value is -2.58. The van der Waals surface area contributed by atoms with Crippen LogP contribution in [0.3, 0.4) is 0 Å². The second-order valence-electron chi connectivity index (χ2n) is 5.41. The van der Waals surface area contributed by atoms with Gasteiger partial charge in [-0.3, -0.25) is 4.79 Å². The Morgan fingerprint density at radius 3 is 2.38 bits per heavy atom. The molecule has 1 amide bonds. The summed E-state index contributed by atoms with van der Waals surface area (Å²) in [6, 6.07) is 13.0. The molecule has 26 heavy (non-hydrogen) atoms. The summed E-state index contributed by atoms with van der Waals surface area (Å²) in [6.07, 6.45) is 0. The maximum Gasteiger partial charge on any atom is 0.243 e. The number of hydrogen-bond donors (Lipinski definition) is 1. The van der Waals surface area contributed by atoms with E-state index in [-0.39, 0.29) is 11.4 Å². The van der Waals surface area contributed by atoms with Crippen molar-refractivity contribution in [2.45, 2.75) is 11.8 Å². The molecule has 0 saturated carbocycles. The van der Waals surface area contributed by atoms with Crippen molar-refractivity contribution in [2.24, 2.45) is 0 Å². The predicted octanol–water partition coefficient (Wildman–Crippen LogP) is 2.35. The molecule has 0 aromatic heterocycles. The van der Waals surface area contributed by atoms with Crippen molar-refractivity contribution in [1.82, 2.24) is 4.31 Å². The van der Waals surface area contributed by atoms with Crippen LogP contribution in [0.1, 0.15) is 6.92 Å². The molecule has 0 heterocycles. The second-order valence-corrected chi connectivity index (χ2v) is 7.46. The van der Waals surface area contributed by atoms with Gasteiger partial charge in [0.2, 0.25) is 15.9 Å². The van der Waals surface area contributed by atoms with Crippen LogP contribution < -0.4 is 14.8 Å². The summed E-state index contributed by atoms with van der Waals surface area (Å²) in [7, 11) is -0.940. The molecule has 140 valence electrons. The summed E-state index contributed by atoms with van der Waals surface area (Å²) in [5.74, 6) is 0.618. The van der Waals surface area contributed by atoms with Crippen molar-refractivity contribution >= 4 is 21.6 Å². The molecule has 2 aromatic rings. The second kappa shape index (κ2) is 8.68. The molecule has 0 atom stereocenters. The van der Waals surface area contributed by atoms with Gasteiger partial charge in [0.15, 0.2) is 0 Å². The standard InChI is InChI=1S/C18H22N2O5S/c1-4-25-14-9-11-15(12-10-14)26(22,23)20(2)13-18(21)19-16-7-5-6-8-17(16)24-3/h5-12H,4,13H2,1-3H3,(H,19,21). The minimum atomic E-state index is -3.79. The Balaban J connectivity index is 2.07. The average Bonchev–Trinajstić information content (AvgIpc) is 2.62. The van der Waals surface area contributed by atoms with Crippen molar-refractivity contribution in [3.8, 4) is 11.5 Å². The van der Waals surface area contributed by atoms with Crippen molar-refractivity contribution in [3.05, 3.63) is 48.5 Å². The minimum absolute atomic E-state index is 0.0912. The zero-order chi connectivity index (χ0) is 19.2. The lowest BCUT2D eigenvalue weighted by Crippen LogP contribution is -2.35. The number of nitrogens with zero attached hydrogens (tertiary/aromatic N) is 1. The smallest absolute Gasteiger partial charge is 0.243 e. The Morgan fingerprint density at radius 1 is 1.12 bits per heavy atom. The molecular weight excluding hydrogens is 356 g/mol. The molecule has 8 heteroatoms. The number of hydrogen-bond acceptors (Lipinski definition) is 5. The van der Waals surface area contributed by atoms with E-state index in [1.807, 2.05) is 6.92 Å². The molecule has 0 bridgehead atoms. The first kappa shape index (κ1) is 19.7. The molecular formula is C18H22N2O5S. The normalized spacial score (nSPS) is 11.2. The van der Waals surface area contributed by atoms with Gasteiger partial charge in [-0.05, 0) is 43.3 Å². The summed E-state index contributed by atoms with van der Waals surface area (Å²) in [5.41, 5.74) is 0.479. The van der Waals surface area contributed by atoms with Gasteiger partial charge >= 0.3 is 0 Å². The number of methoxy groups -OCH3 is 1. The van der Waals surface area contributed by atoms with Crippen LogP contribution in [-0.4, -0.2) is 45.9 Å². The number of likely N-dealkylation sites (N-methyl/N-ethyl adjacent to an activating group) is 1. The lowest BCUT2D eigenvalue weighted by Gasteiger charge is -2.17. The van der Waals surface area contributed by atoms with Crippen LogP contribution in [0.5, 0.6) is 11.5 Å². The van der Waals surface area contributed by atoms with E-state index in [0.29, 0.717) is 23.8 Å². The van der Waals surface area contributed by atoms with Gasteiger partial charge in [0.05, 0.1) is 30.8 Å². The molecule has 0 aliphatic heterocycles. The van der Waals surface area contributed by atoms with Gasteiger partial charge in [-0.25, -0.2) is 8.42 Å². The van der Waals surface area contributed by atoms with Crippen LogP contribution in [-0.2, 0) is 14.8 Å². The largest absolute Gasteiger partial charge is 0.495 e. The fourth-order valence-electron chi connectivity index (χ4n) is 2.28. The molecule has 7 nitrogen and oxygen atoms in total. The monoisotopic (exact) mass is 378 g/mol. The average molecular weight is 378 g/mol. The van der Waals surface area contributed by atoms with E-state index in [1.54, 1.807) is 36.4 Å². The van der Waals surface area contributed by atoms with Crippen molar-refractivity contribution in [2.75, 3.05) is 32.6 Å². The molecule has 0 aliphatic carbocycles. The van der Waals surface area contributed by atoms with Crippen LogP contribution in [0.25, 0.3) is 0 Å². The van der Waals surface area contributed by atoms with Crippen LogP contribution >= 0.6 is 0 Å². The van der Waals surface area contributed by atoms with Crippen LogP contribution in [0.4, 0.5) is 5.69 Å². The Labute approximate surface area is 153 Å². The maximum absolute atomic E-state index is 12.6. The van der Waals surface area contributed by atoms with E-state index in [4.69, 9.17) is 9.47 Å². The third-order valence-corrected chi connectivity index (χ3v) is 5.41. The van der Waals surface area contributed by atoms with Crippen molar-refractivity contribution in [1.29, 1.82) is 0 Å². The number of sulfonamides is 1. The summed E-state index contributed by atoms with van der Waals surface area (Å²) < 4.78 is 36.6. The molecule has 0 radical (unpaired) electrons. The molecule has 0 fully saturated rings. The molecule has 0 saturated heterocycles. The molecule has 1 N–H and O–H groups in total. The Kier molecular flexibility index (Phi) is 6.59. The predicted molar refractivity (Wildman–Crippen MR) is 99.1 cm³/mol. The van der Waals surface area contributed by atoms with Gasteiger partial charge in [-0.15, -0.1) is 0 Å². The molecule has 2 rings (SSSR count). The number of para-hydroxylation sites is 2. The first-order chi connectivity index (χ1) is 12.4. The van der Waals surface area contributed by atoms with Gasteiger partial charge in [0, 0.05) is 7.05 Å². The summed E-state index contributed by atoms with van der Waals surface area (Å²) in [4.78, 5) is 12.3. The Bertz CT molecular complexity index is 850. The van der Waals surface area contributed by atoms with Crippen LogP contribution in [0, 0.1) is 0 Å². The first-order valence-corrected chi connectivity index (χ1v) is 9.44.